The number of hydrogen-bond acceptors (Lipinski definition) is 7. The molecular formula is C22H23NO7. The molecule has 0 saturated heterocycles. The summed E-state index contributed by atoms with van der Waals surface area (Å²) in [6.45, 7) is 3.95. The molecule has 1 fully saturated rings. The van der Waals surface area contributed by atoms with Gasteiger partial charge < -0.3 is 13.9 Å². The lowest BCUT2D eigenvalue weighted by molar-refractivity contribution is -0.150. The van der Waals surface area contributed by atoms with E-state index in [9.17, 15) is 19.2 Å². The summed E-state index contributed by atoms with van der Waals surface area (Å²) in [5.41, 5.74) is 0.0414. The van der Waals surface area contributed by atoms with Crippen LogP contribution in [0.5, 0.6) is 0 Å². The van der Waals surface area contributed by atoms with Gasteiger partial charge in [-0.2, -0.15) is 0 Å². The number of amides is 1. The molecule has 0 unspecified atom stereocenters. The summed E-state index contributed by atoms with van der Waals surface area (Å²) in [5, 5.41) is 2.40. The summed E-state index contributed by atoms with van der Waals surface area (Å²) in [6, 6.07) is 9.26. The van der Waals surface area contributed by atoms with E-state index in [1.165, 1.54) is 13.8 Å². The molecule has 0 atom stereocenters. The highest BCUT2D eigenvalue weighted by molar-refractivity contribution is 6.10. The van der Waals surface area contributed by atoms with Gasteiger partial charge in [0.1, 0.15) is 11.3 Å². The Morgan fingerprint density at radius 1 is 1.07 bits per heavy atom. The van der Waals surface area contributed by atoms with Crippen LogP contribution in [-0.2, 0) is 24.5 Å². The Kier molecular flexibility index (Phi) is 6.05. The monoisotopic (exact) mass is 413 g/mol. The van der Waals surface area contributed by atoms with Crippen molar-refractivity contribution < 1.29 is 33.1 Å². The summed E-state index contributed by atoms with van der Waals surface area (Å²) in [6.07, 6.45) is 1.31. The van der Waals surface area contributed by atoms with E-state index in [0.717, 1.165) is 5.56 Å². The number of furan rings is 1. The molecule has 1 heterocycles. The average Bonchev–Trinajstić information content (AvgIpc) is 3.46. The van der Waals surface area contributed by atoms with E-state index in [4.69, 9.17) is 13.9 Å². The van der Waals surface area contributed by atoms with Gasteiger partial charge >= 0.3 is 11.9 Å². The Labute approximate surface area is 173 Å². The predicted molar refractivity (Wildman–Crippen MR) is 106 cm³/mol. The van der Waals surface area contributed by atoms with Gasteiger partial charge in [0.05, 0.1) is 17.6 Å². The van der Waals surface area contributed by atoms with E-state index in [0.29, 0.717) is 12.8 Å². The van der Waals surface area contributed by atoms with E-state index in [-0.39, 0.29) is 29.4 Å². The van der Waals surface area contributed by atoms with E-state index >= 15 is 0 Å². The molecule has 8 nitrogen and oxygen atoms in total. The molecule has 0 radical (unpaired) electrons. The van der Waals surface area contributed by atoms with Gasteiger partial charge in [0, 0.05) is 0 Å². The van der Waals surface area contributed by atoms with Crippen LogP contribution in [0.1, 0.15) is 58.7 Å². The van der Waals surface area contributed by atoms with Gasteiger partial charge in [0.15, 0.2) is 12.4 Å². The first-order chi connectivity index (χ1) is 14.3. The molecule has 1 N–H and O–H groups in total. The largest absolute Gasteiger partial charge is 0.462 e. The van der Waals surface area contributed by atoms with Gasteiger partial charge in [-0.05, 0) is 39.2 Å². The lowest BCUT2D eigenvalue weighted by Crippen LogP contribution is -2.28. The molecule has 1 aliphatic rings. The first-order valence-electron chi connectivity index (χ1n) is 9.64. The molecule has 0 bridgehead atoms. The van der Waals surface area contributed by atoms with Crippen molar-refractivity contribution in [2.75, 3.05) is 18.5 Å². The fourth-order valence-electron chi connectivity index (χ4n) is 3.38. The van der Waals surface area contributed by atoms with Crippen molar-refractivity contribution in [3.05, 3.63) is 52.8 Å². The maximum atomic E-state index is 12.5. The quantitative estimate of drug-likeness (QED) is 0.522. The average molecular weight is 413 g/mol. The van der Waals surface area contributed by atoms with Gasteiger partial charge in [0.2, 0.25) is 5.88 Å². The zero-order valence-electron chi connectivity index (χ0n) is 17.1. The molecule has 2 aromatic rings. The van der Waals surface area contributed by atoms with Gasteiger partial charge in [-0.15, -0.1) is 0 Å². The lowest BCUT2D eigenvalue weighted by atomic mass is 9.96. The van der Waals surface area contributed by atoms with Crippen LogP contribution < -0.4 is 5.32 Å². The third kappa shape index (κ3) is 4.12. The fraction of sp³-hybridized carbons (Fsp3) is 0.364. The predicted octanol–water partition coefficient (Wildman–Crippen LogP) is 3.18. The van der Waals surface area contributed by atoms with Crippen LogP contribution in [0.15, 0.2) is 34.7 Å². The van der Waals surface area contributed by atoms with E-state index < -0.39 is 35.7 Å². The first kappa shape index (κ1) is 21.3. The molecule has 1 aromatic carbocycles. The highest BCUT2D eigenvalue weighted by Crippen LogP contribution is 2.49. The number of benzene rings is 1. The Morgan fingerprint density at radius 3 is 2.30 bits per heavy atom. The minimum atomic E-state index is -0.784. The first-order valence-corrected chi connectivity index (χ1v) is 9.64. The molecule has 8 heteroatoms. The summed E-state index contributed by atoms with van der Waals surface area (Å²) in [7, 11) is 0. The zero-order chi connectivity index (χ0) is 21.9. The van der Waals surface area contributed by atoms with Crippen LogP contribution >= 0.6 is 0 Å². The number of nitrogens with one attached hydrogen (secondary N) is 1. The number of ketones is 1. The molecule has 1 amide bonds. The standard InChI is InChI=1S/C22H23NO7/c1-4-28-20(26)18-17(13(2)24)14(3)30-19(18)23-16(25)12-29-21(27)22(10-11-22)15-8-6-5-7-9-15/h5-9H,4,10-12H2,1-3H3,(H,23,25). The number of carbonyl (C=O) groups excluding carboxylic acids is 4. The highest BCUT2D eigenvalue weighted by Gasteiger charge is 2.52. The van der Waals surface area contributed by atoms with Crippen molar-refractivity contribution in [2.24, 2.45) is 0 Å². The molecule has 3 rings (SSSR count). The Bertz CT molecular complexity index is 986. The molecule has 1 aromatic heterocycles. The van der Waals surface area contributed by atoms with Crippen LogP contribution in [-0.4, -0.2) is 36.8 Å². The van der Waals surface area contributed by atoms with E-state index in [2.05, 4.69) is 5.32 Å². The van der Waals surface area contributed by atoms with Gasteiger partial charge in [-0.25, -0.2) is 4.79 Å². The topological polar surface area (TPSA) is 112 Å². The van der Waals surface area contributed by atoms with E-state index in [1.807, 2.05) is 30.3 Å². The van der Waals surface area contributed by atoms with Crippen molar-refractivity contribution >= 4 is 29.5 Å². The van der Waals surface area contributed by atoms with Crippen LogP contribution in [0.4, 0.5) is 5.88 Å². The van der Waals surface area contributed by atoms with Crippen molar-refractivity contribution in [1.82, 2.24) is 0 Å². The van der Waals surface area contributed by atoms with Crippen molar-refractivity contribution in [2.45, 2.75) is 39.0 Å². The Hall–Kier alpha value is -3.42. The minimum Gasteiger partial charge on any atom is -0.462 e. The molecule has 30 heavy (non-hydrogen) atoms. The van der Waals surface area contributed by atoms with Crippen LogP contribution in [0.3, 0.4) is 0 Å². The van der Waals surface area contributed by atoms with Gasteiger partial charge in [0.25, 0.3) is 5.91 Å². The van der Waals surface area contributed by atoms with Crippen LogP contribution in [0.2, 0.25) is 0 Å². The molecule has 0 spiro atoms. The molecule has 1 saturated carbocycles. The summed E-state index contributed by atoms with van der Waals surface area (Å²) >= 11 is 0. The summed E-state index contributed by atoms with van der Waals surface area (Å²) in [5.74, 6) is -2.38. The Balaban J connectivity index is 1.70. The maximum Gasteiger partial charge on any atom is 0.344 e. The second-order valence-electron chi connectivity index (χ2n) is 7.09. The maximum absolute atomic E-state index is 12.5. The fourth-order valence-corrected chi connectivity index (χ4v) is 3.38. The van der Waals surface area contributed by atoms with Gasteiger partial charge in [-0.3, -0.25) is 19.7 Å². The second kappa shape index (κ2) is 8.52. The number of aryl methyl sites for hydroxylation is 1. The SMILES string of the molecule is CCOC(=O)c1c(NC(=O)COC(=O)C2(c3ccccc3)CC2)oc(C)c1C(C)=O. The third-order valence-corrected chi connectivity index (χ3v) is 4.97. The van der Waals surface area contributed by atoms with Crippen LogP contribution in [0.25, 0.3) is 0 Å². The van der Waals surface area contributed by atoms with E-state index in [1.54, 1.807) is 6.92 Å². The summed E-state index contributed by atoms with van der Waals surface area (Å²) in [4.78, 5) is 49.1. The summed E-state index contributed by atoms with van der Waals surface area (Å²) < 4.78 is 15.6. The number of anilines is 1. The molecular weight excluding hydrogens is 390 g/mol. The smallest absolute Gasteiger partial charge is 0.344 e. The number of Topliss-reactive ketones (excluding diaryl/α,β-unsaturated/α-hetero) is 1. The molecule has 1 aliphatic carbocycles. The molecule has 0 aliphatic heterocycles. The number of rotatable bonds is 8. The number of ether oxygens (including phenoxy) is 2. The number of hydrogen-bond donors (Lipinski definition) is 1. The highest BCUT2D eigenvalue weighted by atomic mass is 16.5. The normalized spacial score (nSPS) is 14.0. The van der Waals surface area contributed by atoms with Crippen molar-refractivity contribution in [3.63, 3.8) is 0 Å². The molecule has 158 valence electrons. The number of carbonyl (C=O) groups is 4. The second-order valence-corrected chi connectivity index (χ2v) is 7.09. The van der Waals surface area contributed by atoms with Gasteiger partial charge in [-0.1, -0.05) is 30.3 Å². The third-order valence-electron chi connectivity index (χ3n) is 4.97. The van der Waals surface area contributed by atoms with Crippen LogP contribution in [0, 0.1) is 6.92 Å². The number of esters is 2. The minimum absolute atomic E-state index is 0.0433. The van der Waals surface area contributed by atoms with Crippen molar-refractivity contribution in [1.29, 1.82) is 0 Å². The van der Waals surface area contributed by atoms with Crippen molar-refractivity contribution in [3.8, 4) is 0 Å². The zero-order valence-corrected chi connectivity index (χ0v) is 17.1. The Morgan fingerprint density at radius 2 is 1.73 bits per heavy atom. The lowest BCUT2D eigenvalue weighted by Gasteiger charge is -2.14.